The summed E-state index contributed by atoms with van der Waals surface area (Å²) in [5.41, 5.74) is 0. The van der Waals surface area contributed by atoms with Gasteiger partial charge in [0.2, 0.25) is 0 Å². The second-order valence-corrected chi connectivity index (χ2v) is 4.60. The Morgan fingerprint density at radius 2 is 2.27 bits per heavy atom. The van der Waals surface area contributed by atoms with Crippen molar-refractivity contribution in [1.29, 1.82) is 0 Å². The second kappa shape index (κ2) is 4.20. The molecule has 80 valence electrons. The van der Waals surface area contributed by atoms with Crippen LogP contribution in [0.5, 0.6) is 0 Å². The quantitative estimate of drug-likeness (QED) is 0.800. The number of carboxylic acid groups (broad SMARTS) is 1. The van der Waals surface area contributed by atoms with Crippen LogP contribution in [-0.2, 0) is 4.79 Å². The lowest BCUT2D eigenvalue weighted by molar-refractivity contribution is -0.145. The highest BCUT2D eigenvalue weighted by atomic mass is 32.2. The van der Waals surface area contributed by atoms with Gasteiger partial charge in [-0.1, -0.05) is 6.07 Å². The zero-order valence-electron chi connectivity index (χ0n) is 7.89. The molecule has 0 saturated carbocycles. The van der Waals surface area contributed by atoms with Gasteiger partial charge in [-0.2, -0.15) is 0 Å². The molecule has 0 spiro atoms. The van der Waals surface area contributed by atoms with Crippen LogP contribution in [0.15, 0.2) is 29.2 Å². The predicted octanol–water partition coefficient (Wildman–Crippen LogP) is 1.85. The molecule has 0 atom stereocenters. The molecule has 0 unspecified atom stereocenters. The van der Waals surface area contributed by atoms with E-state index in [4.69, 9.17) is 5.11 Å². The first kappa shape index (κ1) is 10.4. The summed E-state index contributed by atoms with van der Waals surface area (Å²) >= 11 is 1.40. The summed E-state index contributed by atoms with van der Waals surface area (Å²) in [7, 11) is 0. The number of carbonyl (C=O) groups is 1. The SMILES string of the molecule is O=C(O)C1CN(Sc2cccc(F)c2)C1. The van der Waals surface area contributed by atoms with Gasteiger partial charge in [0, 0.05) is 18.0 Å². The monoisotopic (exact) mass is 227 g/mol. The molecular formula is C10H10FNO2S. The molecule has 5 heteroatoms. The third-order valence-electron chi connectivity index (χ3n) is 2.23. The van der Waals surface area contributed by atoms with Gasteiger partial charge in [0.25, 0.3) is 0 Å². The van der Waals surface area contributed by atoms with Crippen LogP contribution in [0, 0.1) is 11.7 Å². The third kappa shape index (κ3) is 2.49. The van der Waals surface area contributed by atoms with Crippen LogP contribution in [0.4, 0.5) is 4.39 Å². The first-order chi connectivity index (χ1) is 7.15. The molecule has 15 heavy (non-hydrogen) atoms. The van der Waals surface area contributed by atoms with Gasteiger partial charge in [0.15, 0.2) is 0 Å². The average molecular weight is 227 g/mol. The summed E-state index contributed by atoms with van der Waals surface area (Å²) in [6.45, 7) is 1.05. The normalized spacial score (nSPS) is 17.4. The van der Waals surface area contributed by atoms with Crippen molar-refractivity contribution in [2.24, 2.45) is 5.92 Å². The van der Waals surface area contributed by atoms with E-state index in [0.717, 1.165) is 4.90 Å². The molecular weight excluding hydrogens is 217 g/mol. The summed E-state index contributed by atoms with van der Waals surface area (Å²) in [4.78, 5) is 11.3. The molecule has 1 aliphatic heterocycles. The fourth-order valence-electron chi connectivity index (χ4n) is 1.34. The van der Waals surface area contributed by atoms with Crippen molar-refractivity contribution in [3.05, 3.63) is 30.1 Å². The number of rotatable bonds is 3. The topological polar surface area (TPSA) is 40.5 Å². The van der Waals surface area contributed by atoms with E-state index >= 15 is 0 Å². The lowest BCUT2D eigenvalue weighted by atomic mass is 10.0. The highest BCUT2D eigenvalue weighted by Crippen LogP contribution is 2.30. The molecule has 1 aromatic carbocycles. The van der Waals surface area contributed by atoms with E-state index in [1.807, 2.05) is 10.4 Å². The van der Waals surface area contributed by atoms with Crippen molar-refractivity contribution in [1.82, 2.24) is 4.31 Å². The van der Waals surface area contributed by atoms with Crippen LogP contribution in [-0.4, -0.2) is 28.5 Å². The van der Waals surface area contributed by atoms with E-state index in [9.17, 15) is 9.18 Å². The van der Waals surface area contributed by atoms with Gasteiger partial charge in [0.05, 0.1) is 5.92 Å². The van der Waals surface area contributed by atoms with Gasteiger partial charge in [0.1, 0.15) is 5.82 Å². The largest absolute Gasteiger partial charge is 0.481 e. The first-order valence-electron chi connectivity index (χ1n) is 4.56. The van der Waals surface area contributed by atoms with Crippen molar-refractivity contribution in [3.63, 3.8) is 0 Å². The van der Waals surface area contributed by atoms with Crippen molar-refractivity contribution in [2.45, 2.75) is 4.90 Å². The van der Waals surface area contributed by atoms with Gasteiger partial charge in [-0.05, 0) is 30.1 Å². The van der Waals surface area contributed by atoms with E-state index < -0.39 is 5.97 Å². The van der Waals surface area contributed by atoms with Crippen molar-refractivity contribution in [3.8, 4) is 0 Å². The summed E-state index contributed by atoms with van der Waals surface area (Å²) in [6, 6.07) is 6.28. The molecule has 0 aliphatic carbocycles. The zero-order valence-corrected chi connectivity index (χ0v) is 8.71. The number of hydrogen-bond donors (Lipinski definition) is 1. The average Bonchev–Trinajstić information content (AvgIpc) is 2.10. The Bertz CT molecular complexity index is 379. The fourth-order valence-corrected chi connectivity index (χ4v) is 2.45. The molecule has 0 bridgehead atoms. The number of hydrogen-bond acceptors (Lipinski definition) is 3. The Labute approximate surface area is 91.0 Å². The maximum absolute atomic E-state index is 12.8. The molecule has 1 heterocycles. The first-order valence-corrected chi connectivity index (χ1v) is 5.34. The number of benzene rings is 1. The zero-order chi connectivity index (χ0) is 10.8. The number of aliphatic carboxylic acids is 1. The Kier molecular flexibility index (Phi) is 2.93. The van der Waals surface area contributed by atoms with Crippen molar-refractivity contribution in [2.75, 3.05) is 13.1 Å². The van der Waals surface area contributed by atoms with Crippen LogP contribution >= 0.6 is 11.9 Å². The van der Waals surface area contributed by atoms with E-state index in [1.54, 1.807) is 6.07 Å². The molecule has 1 fully saturated rings. The smallest absolute Gasteiger partial charge is 0.309 e. The molecule has 1 aromatic rings. The Morgan fingerprint density at radius 1 is 1.53 bits per heavy atom. The maximum atomic E-state index is 12.8. The summed E-state index contributed by atoms with van der Waals surface area (Å²) in [6.07, 6.45) is 0. The molecule has 2 rings (SSSR count). The van der Waals surface area contributed by atoms with Gasteiger partial charge >= 0.3 is 5.97 Å². The molecule has 0 aromatic heterocycles. The van der Waals surface area contributed by atoms with Crippen LogP contribution in [0.2, 0.25) is 0 Å². The summed E-state index contributed by atoms with van der Waals surface area (Å²) in [5.74, 6) is -1.30. The van der Waals surface area contributed by atoms with Crippen molar-refractivity contribution >= 4 is 17.9 Å². The molecule has 1 saturated heterocycles. The van der Waals surface area contributed by atoms with E-state index in [2.05, 4.69) is 0 Å². The number of nitrogens with zero attached hydrogens (tertiary/aromatic N) is 1. The minimum atomic E-state index is -0.758. The lowest BCUT2D eigenvalue weighted by Crippen LogP contribution is -2.46. The van der Waals surface area contributed by atoms with E-state index in [0.29, 0.717) is 13.1 Å². The van der Waals surface area contributed by atoms with Crippen molar-refractivity contribution < 1.29 is 14.3 Å². The Balaban J connectivity index is 1.87. The Morgan fingerprint density at radius 3 is 2.87 bits per heavy atom. The minimum Gasteiger partial charge on any atom is -0.481 e. The Hall–Kier alpha value is -1.07. The molecule has 1 N–H and O–H groups in total. The van der Waals surface area contributed by atoms with Crippen LogP contribution < -0.4 is 0 Å². The lowest BCUT2D eigenvalue weighted by Gasteiger charge is -2.35. The number of carboxylic acids is 1. The van der Waals surface area contributed by atoms with Gasteiger partial charge in [-0.15, -0.1) is 0 Å². The van der Waals surface area contributed by atoms with Crippen LogP contribution in [0.3, 0.4) is 0 Å². The third-order valence-corrected chi connectivity index (χ3v) is 3.25. The van der Waals surface area contributed by atoms with Gasteiger partial charge < -0.3 is 5.11 Å². The van der Waals surface area contributed by atoms with Gasteiger partial charge in [-0.3, -0.25) is 4.79 Å². The minimum absolute atomic E-state index is 0.268. The van der Waals surface area contributed by atoms with Crippen LogP contribution in [0.1, 0.15) is 0 Å². The summed E-state index contributed by atoms with van der Waals surface area (Å²) < 4.78 is 14.7. The summed E-state index contributed by atoms with van der Waals surface area (Å²) in [5, 5.41) is 8.67. The maximum Gasteiger partial charge on any atom is 0.309 e. The fraction of sp³-hybridized carbons (Fsp3) is 0.300. The highest BCUT2D eigenvalue weighted by Gasteiger charge is 2.33. The molecule has 3 nitrogen and oxygen atoms in total. The van der Waals surface area contributed by atoms with Crippen LogP contribution in [0.25, 0.3) is 0 Å². The second-order valence-electron chi connectivity index (χ2n) is 3.43. The van der Waals surface area contributed by atoms with E-state index in [1.165, 1.54) is 24.1 Å². The molecule has 1 aliphatic rings. The standard InChI is InChI=1S/C10H10FNO2S/c11-8-2-1-3-9(4-8)15-12-5-7(6-12)10(13)14/h1-4,7H,5-6H2,(H,13,14). The molecule has 0 radical (unpaired) electrons. The molecule has 0 amide bonds. The van der Waals surface area contributed by atoms with Gasteiger partial charge in [-0.25, -0.2) is 8.70 Å². The number of halogens is 1. The van der Waals surface area contributed by atoms with E-state index in [-0.39, 0.29) is 11.7 Å². The highest BCUT2D eigenvalue weighted by molar-refractivity contribution is 7.97. The predicted molar refractivity (Wildman–Crippen MR) is 55.0 cm³/mol.